The Labute approximate surface area is 134 Å². The molecule has 0 fully saturated rings. The van der Waals surface area contributed by atoms with E-state index in [9.17, 15) is 0 Å². The molecule has 0 amide bonds. The van der Waals surface area contributed by atoms with Crippen molar-refractivity contribution in [3.05, 3.63) is 22.7 Å². The van der Waals surface area contributed by atoms with Gasteiger partial charge in [0.1, 0.15) is 0 Å². The molecule has 1 N–H and O–H groups in total. The van der Waals surface area contributed by atoms with E-state index in [4.69, 9.17) is 21.1 Å². The predicted octanol–water partition coefficient (Wildman–Crippen LogP) is 4.83. The SMILES string of the molecule is CCOc1cc(Cl)c(C(NC)C(C)(C)CC)cc1OCC. The lowest BCUT2D eigenvalue weighted by Gasteiger charge is -2.34. The highest BCUT2D eigenvalue weighted by molar-refractivity contribution is 6.31. The highest BCUT2D eigenvalue weighted by Crippen LogP contribution is 2.43. The summed E-state index contributed by atoms with van der Waals surface area (Å²) in [5, 5.41) is 4.10. The van der Waals surface area contributed by atoms with Crippen LogP contribution in [0.4, 0.5) is 0 Å². The molecule has 0 aliphatic heterocycles. The van der Waals surface area contributed by atoms with E-state index in [1.807, 2.05) is 33.0 Å². The summed E-state index contributed by atoms with van der Waals surface area (Å²) in [5.41, 5.74) is 1.15. The topological polar surface area (TPSA) is 30.5 Å². The van der Waals surface area contributed by atoms with Gasteiger partial charge in [0.25, 0.3) is 0 Å². The van der Waals surface area contributed by atoms with E-state index in [0.717, 1.165) is 17.7 Å². The number of hydrogen-bond donors (Lipinski definition) is 1. The molecule has 1 rings (SSSR count). The summed E-state index contributed by atoms with van der Waals surface area (Å²) in [6.07, 6.45) is 1.05. The van der Waals surface area contributed by atoms with Crippen molar-refractivity contribution < 1.29 is 9.47 Å². The average molecular weight is 314 g/mol. The highest BCUT2D eigenvalue weighted by atomic mass is 35.5. The smallest absolute Gasteiger partial charge is 0.162 e. The van der Waals surface area contributed by atoms with Gasteiger partial charge in [-0.2, -0.15) is 0 Å². The van der Waals surface area contributed by atoms with Gasteiger partial charge in [0.2, 0.25) is 0 Å². The molecule has 3 nitrogen and oxygen atoms in total. The lowest BCUT2D eigenvalue weighted by atomic mass is 9.78. The van der Waals surface area contributed by atoms with E-state index in [1.54, 1.807) is 0 Å². The Hall–Kier alpha value is -0.930. The van der Waals surface area contributed by atoms with Gasteiger partial charge in [-0.25, -0.2) is 0 Å². The second-order valence-corrected chi connectivity index (χ2v) is 6.16. The van der Waals surface area contributed by atoms with Crippen molar-refractivity contribution in [2.75, 3.05) is 20.3 Å². The lowest BCUT2D eigenvalue weighted by Crippen LogP contribution is -2.31. The molecular formula is C17H28ClNO2. The summed E-state index contributed by atoms with van der Waals surface area (Å²) in [6, 6.07) is 4.03. The van der Waals surface area contributed by atoms with Crippen molar-refractivity contribution in [2.45, 2.75) is 47.1 Å². The monoisotopic (exact) mass is 313 g/mol. The highest BCUT2D eigenvalue weighted by Gasteiger charge is 2.30. The van der Waals surface area contributed by atoms with Gasteiger partial charge in [-0.3, -0.25) is 0 Å². The number of nitrogens with one attached hydrogen (secondary N) is 1. The van der Waals surface area contributed by atoms with Crippen LogP contribution in [0.3, 0.4) is 0 Å². The van der Waals surface area contributed by atoms with Crippen molar-refractivity contribution in [1.29, 1.82) is 0 Å². The molecule has 1 unspecified atom stereocenters. The Bertz CT molecular complexity index is 460. The fourth-order valence-corrected chi connectivity index (χ4v) is 2.74. The number of rotatable bonds is 8. The number of hydrogen-bond acceptors (Lipinski definition) is 3. The van der Waals surface area contributed by atoms with Crippen LogP contribution in [0.25, 0.3) is 0 Å². The molecule has 0 radical (unpaired) electrons. The molecule has 1 aromatic rings. The van der Waals surface area contributed by atoms with Crippen molar-refractivity contribution in [3.63, 3.8) is 0 Å². The second kappa shape index (κ2) is 7.90. The van der Waals surface area contributed by atoms with E-state index in [0.29, 0.717) is 24.0 Å². The zero-order chi connectivity index (χ0) is 16.0. The first kappa shape index (κ1) is 18.1. The van der Waals surface area contributed by atoms with E-state index in [2.05, 4.69) is 26.1 Å². The van der Waals surface area contributed by atoms with Crippen molar-refractivity contribution >= 4 is 11.6 Å². The number of ether oxygens (including phenoxy) is 2. The van der Waals surface area contributed by atoms with E-state index in [1.165, 1.54) is 0 Å². The minimum atomic E-state index is 0.0923. The minimum Gasteiger partial charge on any atom is -0.490 e. The van der Waals surface area contributed by atoms with Crippen LogP contribution in [-0.4, -0.2) is 20.3 Å². The number of halogens is 1. The minimum absolute atomic E-state index is 0.0923. The summed E-state index contributed by atoms with van der Waals surface area (Å²) in [7, 11) is 1.97. The van der Waals surface area contributed by atoms with E-state index in [-0.39, 0.29) is 11.5 Å². The lowest BCUT2D eigenvalue weighted by molar-refractivity contribution is 0.243. The second-order valence-electron chi connectivity index (χ2n) is 5.75. The van der Waals surface area contributed by atoms with Gasteiger partial charge in [0.15, 0.2) is 11.5 Å². The molecule has 120 valence electrons. The van der Waals surface area contributed by atoms with Crippen LogP contribution in [0.5, 0.6) is 11.5 Å². The van der Waals surface area contributed by atoms with Gasteiger partial charge in [-0.1, -0.05) is 32.4 Å². The summed E-state index contributed by atoms with van der Waals surface area (Å²) in [4.78, 5) is 0. The molecule has 0 aromatic heterocycles. The maximum absolute atomic E-state index is 6.50. The third-order valence-electron chi connectivity index (χ3n) is 3.96. The molecule has 0 saturated heterocycles. The van der Waals surface area contributed by atoms with Crippen molar-refractivity contribution in [2.24, 2.45) is 5.41 Å². The molecule has 0 saturated carbocycles. The van der Waals surface area contributed by atoms with Crippen LogP contribution in [-0.2, 0) is 0 Å². The fraction of sp³-hybridized carbons (Fsp3) is 0.647. The van der Waals surface area contributed by atoms with Crippen LogP contribution >= 0.6 is 11.6 Å². The summed E-state index contributed by atoms with van der Waals surface area (Å²) in [5.74, 6) is 1.46. The van der Waals surface area contributed by atoms with Gasteiger partial charge in [0, 0.05) is 17.1 Å². The Morgan fingerprint density at radius 2 is 1.62 bits per heavy atom. The molecule has 4 heteroatoms. The van der Waals surface area contributed by atoms with E-state index < -0.39 is 0 Å². The zero-order valence-electron chi connectivity index (χ0n) is 14.0. The standard InChI is InChI=1S/C17H28ClNO2/c1-7-17(4,5)16(19-6)12-10-14(20-8-2)15(21-9-3)11-13(12)18/h10-11,16,19H,7-9H2,1-6H3. The molecule has 1 atom stereocenters. The molecule has 1 aromatic carbocycles. The number of benzene rings is 1. The Morgan fingerprint density at radius 1 is 1.10 bits per heavy atom. The third kappa shape index (κ3) is 4.27. The van der Waals surface area contributed by atoms with Gasteiger partial charge in [0.05, 0.1) is 13.2 Å². The third-order valence-corrected chi connectivity index (χ3v) is 4.28. The largest absolute Gasteiger partial charge is 0.490 e. The van der Waals surface area contributed by atoms with Crippen LogP contribution in [0.2, 0.25) is 5.02 Å². The Balaban J connectivity index is 3.31. The van der Waals surface area contributed by atoms with Crippen LogP contribution in [0, 0.1) is 5.41 Å². The Morgan fingerprint density at radius 3 is 2.05 bits per heavy atom. The molecular weight excluding hydrogens is 286 g/mol. The molecule has 0 bridgehead atoms. The molecule has 21 heavy (non-hydrogen) atoms. The summed E-state index contributed by atoms with van der Waals surface area (Å²) < 4.78 is 11.3. The molecule has 0 heterocycles. The fourth-order valence-electron chi connectivity index (χ4n) is 2.48. The average Bonchev–Trinajstić information content (AvgIpc) is 2.44. The zero-order valence-corrected chi connectivity index (χ0v) is 14.8. The molecule has 0 spiro atoms. The normalized spacial score (nSPS) is 13.1. The summed E-state index contributed by atoms with van der Waals surface area (Å²) >= 11 is 6.50. The van der Waals surface area contributed by atoms with Gasteiger partial charge < -0.3 is 14.8 Å². The first-order valence-corrected chi connectivity index (χ1v) is 8.05. The van der Waals surface area contributed by atoms with Gasteiger partial charge in [-0.15, -0.1) is 0 Å². The predicted molar refractivity (Wildman–Crippen MR) is 89.7 cm³/mol. The van der Waals surface area contributed by atoms with Crippen LogP contribution in [0.1, 0.15) is 52.6 Å². The first-order valence-electron chi connectivity index (χ1n) is 7.67. The van der Waals surface area contributed by atoms with E-state index >= 15 is 0 Å². The maximum Gasteiger partial charge on any atom is 0.162 e. The molecule has 0 aliphatic carbocycles. The first-order chi connectivity index (χ1) is 9.91. The molecule has 0 aliphatic rings. The van der Waals surface area contributed by atoms with Crippen molar-refractivity contribution in [3.8, 4) is 11.5 Å². The van der Waals surface area contributed by atoms with Gasteiger partial charge >= 0.3 is 0 Å². The van der Waals surface area contributed by atoms with Crippen LogP contribution < -0.4 is 14.8 Å². The van der Waals surface area contributed by atoms with Gasteiger partial charge in [-0.05, 0) is 44.4 Å². The Kier molecular flexibility index (Phi) is 6.82. The summed E-state index contributed by atoms with van der Waals surface area (Å²) in [6.45, 7) is 11.8. The quantitative estimate of drug-likeness (QED) is 0.745. The van der Waals surface area contributed by atoms with Crippen molar-refractivity contribution in [1.82, 2.24) is 5.32 Å². The maximum atomic E-state index is 6.50. The van der Waals surface area contributed by atoms with Crippen LogP contribution in [0.15, 0.2) is 12.1 Å².